The highest BCUT2D eigenvalue weighted by Gasteiger charge is 2.14. The van der Waals surface area contributed by atoms with Crippen molar-refractivity contribution in [2.45, 2.75) is 20.4 Å². The Morgan fingerprint density at radius 2 is 2.04 bits per heavy atom. The van der Waals surface area contributed by atoms with E-state index in [2.05, 4.69) is 25.5 Å². The van der Waals surface area contributed by atoms with E-state index in [1.807, 2.05) is 44.0 Å². The molecule has 0 fully saturated rings. The summed E-state index contributed by atoms with van der Waals surface area (Å²) in [5.41, 5.74) is 3.75. The van der Waals surface area contributed by atoms with Gasteiger partial charge < -0.3 is 5.32 Å². The van der Waals surface area contributed by atoms with Gasteiger partial charge in [0.15, 0.2) is 11.5 Å². The molecule has 3 rings (SSSR count). The van der Waals surface area contributed by atoms with Gasteiger partial charge in [-0.25, -0.2) is 4.98 Å². The summed E-state index contributed by atoms with van der Waals surface area (Å²) >= 11 is 0. The molecule has 0 saturated heterocycles. The summed E-state index contributed by atoms with van der Waals surface area (Å²) in [4.78, 5) is 22.6. The molecule has 3 aromatic rings. The van der Waals surface area contributed by atoms with Gasteiger partial charge in [0, 0.05) is 24.6 Å². The molecule has 0 spiro atoms. The third-order valence-electron chi connectivity index (χ3n) is 3.73. The van der Waals surface area contributed by atoms with Crippen LogP contribution in [0.4, 0.5) is 5.82 Å². The molecule has 2 N–H and O–H groups in total. The van der Waals surface area contributed by atoms with Gasteiger partial charge in [-0.1, -0.05) is 0 Å². The monoisotopic (exact) mass is 324 g/mol. The van der Waals surface area contributed by atoms with Gasteiger partial charge in [0.2, 0.25) is 5.91 Å². The number of fused-ring (bicyclic) bond motifs is 1. The van der Waals surface area contributed by atoms with Crippen LogP contribution in [-0.2, 0) is 11.3 Å². The van der Waals surface area contributed by atoms with Crippen LogP contribution >= 0.6 is 0 Å². The molecule has 0 aliphatic heterocycles. The fourth-order valence-electron chi connectivity index (χ4n) is 2.74. The maximum absolute atomic E-state index is 12.3. The second kappa shape index (κ2) is 6.76. The quantitative estimate of drug-likeness (QED) is 0.750. The number of likely N-dealkylation sites (N-methyl/N-ethyl adjacent to an activating group) is 1. The van der Waals surface area contributed by atoms with Gasteiger partial charge in [0.05, 0.1) is 11.9 Å². The predicted molar refractivity (Wildman–Crippen MR) is 92.6 cm³/mol. The number of H-pyrrole nitrogens is 1. The van der Waals surface area contributed by atoms with E-state index in [0.29, 0.717) is 18.0 Å². The molecular weight excluding hydrogens is 304 g/mol. The number of hydrogen-bond donors (Lipinski definition) is 2. The van der Waals surface area contributed by atoms with Gasteiger partial charge in [-0.05, 0) is 50.2 Å². The Labute approximate surface area is 140 Å². The molecule has 0 radical (unpaired) electrons. The minimum Gasteiger partial charge on any atom is -0.308 e. The number of anilines is 1. The molecule has 0 unspecified atom stereocenters. The minimum absolute atomic E-state index is 0.111. The van der Waals surface area contributed by atoms with Crippen molar-refractivity contribution in [3.63, 3.8) is 0 Å². The van der Waals surface area contributed by atoms with Crippen molar-refractivity contribution >= 4 is 22.8 Å². The number of carbonyl (C=O) groups excluding carboxylic acids is 1. The highest BCUT2D eigenvalue weighted by Crippen LogP contribution is 2.23. The van der Waals surface area contributed by atoms with Crippen LogP contribution in [0.25, 0.3) is 11.0 Å². The number of pyridine rings is 2. The van der Waals surface area contributed by atoms with Crippen molar-refractivity contribution in [1.29, 1.82) is 0 Å². The van der Waals surface area contributed by atoms with Crippen LogP contribution in [0.15, 0.2) is 30.6 Å². The Bertz CT molecular complexity index is 858. The number of rotatable bonds is 5. The van der Waals surface area contributed by atoms with Crippen LogP contribution < -0.4 is 5.32 Å². The molecule has 0 aromatic carbocycles. The molecule has 0 aliphatic rings. The summed E-state index contributed by atoms with van der Waals surface area (Å²) in [5, 5.41) is 10.8. The Balaban J connectivity index is 1.67. The van der Waals surface area contributed by atoms with E-state index >= 15 is 0 Å². The predicted octanol–water partition coefficient (Wildman–Crippen LogP) is 2.04. The van der Waals surface area contributed by atoms with Crippen LogP contribution in [0.1, 0.15) is 16.8 Å². The number of aromatic amines is 1. The number of amides is 1. The molecular formula is C17H20N6O. The van der Waals surface area contributed by atoms with E-state index in [4.69, 9.17) is 0 Å². The zero-order chi connectivity index (χ0) is 17.1. The lowest BCUT2D eigenvalue weighted by Crippen LogP contribution is -2.30. The van der Waals surface area contributed by atoms with E-state index in [9.17, 15) is 4.79 Å². The van der Waals surface area contributed by atoms with Crippen molar-refractivity contribution in [3.8, 4) is 0 Å². The SMILES string of the molecule is Cc1cc(C)c2c(NC(=O)CN(C)Cc3ccncc3)n[nH]c2n1. The molecule has 124 valence electrons. The maximum atomic E-state index is 12.3. The molecule has 3 heterocycles. The first-order valence-electron chi connectivity index (χ1n) is 7.72. The van der Waals surface area contributed by atoms with E-state index in [1.54, 1.807) is 12.4 Å². The fourth-order valence-corrected chi connectivity index (χ4v) is 2.74. The first-order chi connectivity index (χ1) is 11.5. The standard InChI is InChI=1S/C17H20N6O/c1-11-8-12(2)19-16-15(11)17(22-21-16)20-14(24)10-23(3)9-13-4-6-18-7-5-13/h4-8H,9-10H2,1-3H3,(H2,19,20,21,22,24). The van der Waals surface area contributed by atoms with E-state index in [-0.39, 0.29) is 12.5 Å². The number of nitrogens with zero attached hydrogens (tertiary/aromatic N) is 4. The molecule has 7 heteroatoms. The molecule has 0 atom stereocenters. The lowest BCUT2D eigenvalue weighted by Gasteiger charge is -2.15. The topological polar surface area (TPSA) is 86.8 Å². The number of hydrogen-bond acceptors (Lipinski definition) is 5. The summed E-state index contributed by atoms with van der Waals surface area (Å²) in [6.45, 7) is 4.86. The van der Waals surface area contributed by atoms with Gasteiger partial charge in [0.1, 0.15) is 0 Å². The highest BCUT2D eigenvalue weighted by molar-refractivity contribution is 6.00. The Morgan fingerprint density at radius 1 is 1.29 bits per heavy atom. The normalized spacial score (nSPS) is 11.2. The van der Waals surface area contributed by atoms with E-state index < -0.39 is 0 Å². The third kappa shape index (κ3) is 3.57. The minimum atomic E-state index is -0.111. The highest BCUT2D eigenvalue weighted by atomic mass is 16.2. The van der Waals surface area contributed by atoms with Crippen molar-refractivity contribution in [3.05, 3.63) is 47.4 Å². The summed E-state index contributed by atoms with van der Waals surface area (Å²) < 4.78 is 0. The van der Waals surface area contributed by atoms with Crippen molar-refractivity contribution < 1.29 is 4.79 Å². The molecule has 0 saturated carbocycles. The number of aromatic nitrogens is 4. The molecule has 3 aromatic heterocycles. The Hall–Kier alpha value is -2.80. The van der Waals surface area contributed by atoms with Gasteiger partial charge in [0.25, 0.3) is 0 Å². The van der Waals surface area contributed by atoms with Crippen LogP contribution in [-0.4, -0.2) is 44.6 Å². The van der Waals surface area contributed by atoms with Crippen LogP contribution in [0.5, 0.6) is 0 Å². The second-order valence-corrected chi connectivity index (χ2v) is 5.95. The van der Waals surface area contributed by atoms with Gasteiger partial charge >= 0.3 is 0 Å². The first kappa shape index (κ1) is 16.1. The van der Waals surface area contributed by atoms with Crippen LogP contribution in [0.2, 0.25) is 0 Å². The maximum Gasteiger partial charge on any atom is 0.239 e. The molecule has 7 nitrogen and oxygen atoms in total. The summed E-state index contributed by atoms with van der Waals surface area (Å²) in [6.07, 6.45) is 3.49. The van der Waals surface area contributed by atoms with Crippen molar-refractivity contribution in [2.24, 2.45) is 0 Å². The fraction of sp³-hybridized carbons (Fsp3) is 0.294. The van der Waals surface area contributed by atoms with Crippen molar-refractivity contribution in [1.82, 2.24) is 25.1 Å². The zero-order valence-corrected chi connectivity index (χ0v) is 14.0. The lowest BCUT2D eigenvalue weighted by molar-refractivity contribution is -0.117. The van der Waals surface area contributed by atoms with Crippen molar-refractivity contribution in [2.75, 3.05) is 18.9 Å². The molecule has 24 heavy (non-hydrogen) atoms. The summed E-state index contributed by atoms with van der Waals surface area (Å²) in [5.74, 6) is 0.414. The van der Waals surface area contributed by atoms with Crippen LogP contribution in [0, 0.1) is 13.8 Å². The van der Waals surface area contributed by atoms with E-state index in [0.717, 1.165) is 22.2 Å². The number of aryl methyl sites for hydroxylation is 2. The summed E-state index contributed by atoms with van der Waals surface area (Å²) in [6, 6.07) is 5.85. The third-order valence-corrected chi connectivity index (χ3v) is 3.73. The smallest absolute Gasteiger partial charge is 0.239 e. The first-order valence-corrected chi connectivity index (χ1v) is 7.72. The number of carbonyl (C=O) groups is 1. The Kier molecular flexibility index (Phi) is 4.52. The molecule has 0 bridgehead atoms. The molecule has 0 aliphatic carbocycles. The zero-order valence-electron chi connectivity index (χ0n) is 14.0. The second-order valence-electron chi connectivity index (χ2n) is 5.95. The van der Waals surface area contributed by atoms with Crippen LogP contribution in [0.3, 0.4) is 0 Å². The van der Waals surface area contributed by atoms with Gasteiger partial charge in [-0.2, -0.15) is 5.10 Å². The average molecular weight is 324 g/mol. The Morgan fingerprint density at radius 3 is 2.79 bits per heavy atom. The lowest BCUT2D eigenvalue weighted by atomic mass is 10.2. The average Bonchev–Trinajstić information content (AvgIpc) is 2.90. The summed E-state index contributed by atoms with van der Waals surface area (Å²) in [7, 11) is 1.90. The van der Waals surface area contributed by atoms with Gasteiger partial charge in [-0.3, -0.25) is 19.8 Å². The van der Waals surface area contributed by atoms with E-state index in [1.165, 1.54) is 0 Å². The largest absolute Gasteiger partial charge is 0.308 e. The number of nitrogens with one attached hydrogen (secondary N) is 2. The van der Waals surface area contributed by atoms with Gasteiger partial charge in [-0.15, -0.1) is 0 Å². The molecule has 1 amide bonds.